The van der Waals surface area contributed by atoms with Gasteiger partial charge in [-0.3, -0.25) is 0 Å². The molecule has 0 rings (SSSR count). The van der Waals surface area contributed by atoms with Crippen molar-refractivity contribution in [2.24, 2.45) is 0 Å². The van der Waals surface area contributed by atoms with Crippen LogP contribution in [0.4, 0.5) is 0 Å². The van der Waals surface area contributed by atoms with Gasteiger partial charge in [0.15, 0.2) is 0 Å². The Morgan fingerprint density at radius 1 is 0.857 bits per heavy atom. The van der Waals surface area contributed by atoms with Gasteiger partial charge in [-0.25, -0.2) is 4.57 Å². The summed E-state index contributed by atoms with van der Waals surface area (Å²) < 4.78 is 8.88. The predicted octanol–water partition coefficient (Wildman–Crippen LogP) is 2.16. The van der Waals surface area contributed by atoms with Crippen molar-refractivity contribution in [3.05, 3.63) is 0 Å². The first-order valence-electron chi connectivity index (χ1n) is 4.88. The molecule has 0 bridgehead atoms. The lowest BCUT2D eigenvalue weighted by Gasteiger charge is -2.20. The van der Waals surface area contributed by atoms with Gasteiger partial charge in [-0.05, 0) is 27.7 Å². The van der Waals surface area contributed by atoms with E-state index in [-0.39, 0.29) is 0 Å². The quantitative estimate of drug-likeness (QED) is 0.663. The molecule has 0 aromatic heterocycles. The molecule has 14 heavy (non-hydrogen) atoms. The molecule has 88 valence electrons. The largest absolute Gasteiger partial charge is 0.466 e. The van der Waals surface area contributed by atoms with Crippen LogP contribution in [0.5, 0.6) is 0 Å². The van der Waals surface area contributed by atoms with Crippen LogP contribution in [-0.2, 0) is 4.57 Å². The van der Waals surface area contributed by atoms with E-state index in [1.165, 1.54) is 24.6 Å². The van der Waals surface area contributed by atoms with Crippen molar-refractivity contribution in [2.75, 3.05) is 24.6 Å². The first-order valence-corrected chi connectivity index (χ1v) is 8.97. The lowest BCUT2D eigenvalue weighted by molar-refractivity contribution is 0.275. The Hall–Kier alpha value is 0.540. The Morgan fingerprint density at radius 2 is 1.00 bits per heavy atom. The molecule has 0 spiro atoms. The van der Waals surface area contributed by atoms with Crippen LogP contribution in [0.1, 0.15) is 27.7 Å². The standard InChI is InChI=1S/C8H20P.H3O4P/c1-5-9(6-2,7-3)8-4;1-5(2,3)4/h5-8H2,1-4H3;(H3,1,2,3,4)/q+1;. The second kappa shape index (κ2) is 7.78. The van der Waals surface area contributed by atoms with Gasteiger partial charge >= 0.3 is 7.82 Å². The predicted molar refractivity (Wildman–Crippen MR) is 63.3 cm³/mol. The van der Waals surface area contributed by atoms with Crippen molar-refractivity contribution in [3.63, 3.8) is 0 Å². The molecule has 6 heteroatoms. The minimum atomic E-state index is -4.64. The van der Waals surface area contributed by atoms with Gasteiger partial charge in [0.05, 0.1) is 24.6 Å². The fourth-order valence-electron chi connectivity index (χ4n) is 1.34. The zero-order valence-electron chi connectivity index (χ0n) is 9.47. The van der Waals surface area contributed by atoms with Crippen molar-refractivity contribution in [1.82, 2.24) is 0 Å². The van der Waals surface area contributed by atoms with Crippen molar-refractivity contribution >= 4 is 15.1 Å². The summed E-state index contributed by atoms with van der Waals surface area (Å²) in [6.45, 7) is 9.41. The first-order chi connectivity index (χ1) is 6.24. The molecule has 3 N–H and O–H groups in total. The lowest BCUT2D eigenvalue weighted by Crippen LogP contribution is -2.04. The number of hydrogen-bond donors (Lipinski definition) is 3. The molecule has 0 aromatic rings. The van der Waals surface area contributed by atoms with E-state index in [4.69, 9.17) is 19.2 Å². The Kier molecular flexibility index (Phi) is 9.42. The molecule has 0 aromatic carbocycles. The summed E-state index contributed by atoms with van der Waals surface area (Å²) >= 11 is 0. The minimum absolute atomic E-state index is 0.420. The number of hydrogen-bond acceptors (Lipinski definition) is 1. The van der Waals surface area contributed by atoms with Crippen molar-refractivity contribution in [3.8, 4) is 0 Å². The molecule has 0 fully saturated rings. The average molecular weight is 245 g/mol. The van der Waals surface area contributed by atoms with E-state index in [2.05, 4.69) is 27.7 Å². The van der Waals surface area contributed by atoms with E-state index in [1.807, 2.05) is 0 Å². The summed E-state index contributed by atoms with van der Waals surface area (Å²) in [6, 6.07) is 0. The van der Waals surface area contributed by atoms with E-state index in [9.17, 15) is 0 Å². The van der Waals surface area contributed by atoms with E-state index in [1.54, 1.807) is 0 Å². The average Bonchev–Trinajstić information content (AvgIpc) is 2.07. The van der Waals surface area contributed by atoms with Crippen LogP contribution in [0.3, 0.4) is 0 Å². The summed E-state index contributed by atoms with van der Waals surface area (Å²) in [5.74, 6) is 0. The van der Waals surface area contributed by atoms with Crippen LogP contribution in [0.25, 0.3) is 0 Å². The van der Waals surface area contributed by atoms with Gasteiger partial charge in [-0.2, -0.15) is 0 Å². The second-order valence-corrected chi connectivity index (χ2v) is 9.36. The van der Waals surface area contributed by atoms with Gasteiger partial charge in [0.2, 0.25) is 0 Å². The lowest BCUT2D eigenvalue weighted by atomic mass is 10.9. The topological polar surface area (TPSA) is 77.8 Å². The number of rotatable bonds is 4. The molecule has 0 saturated carbocycles. The molecule has 0 aliphatic heterocycles. The van der Waals surface area contributed by atoms with Crippen molar-refractivity contribution in [2.45, 2.75) is 27.7 Å². The van der Waals surface area contributed by atoms with Gasteiger partial charge in [-0.1, -0.05) is 0 Å². The van der Waals surface area contributed by atoms with E-state index >= 15 is 0 Å². The molecule has 0 aliphatic carbocycles. The molecule has 0 unspecified atom stereocenters. The minimum Gasteiger partial charge on any atom is -0.303 e. The van der Waals surface area contributed by atoms with Crippen LogP contribution in [-0.4, -0.2) is 39.3 Å². The Balaban J connectivity index is 0. The third kappa shape index (κ3) is 10.6. The smallest absolute Gasteiger partial charge is 0.303 e. The molecule has 0 saturated heterocycles. The molecule has 0 heterocycles. The third-order valence-corrected chi connectivity index (χ3v) is 8.05. The van der Waals surface area contributed by atoms with Gasteiger partial charge in [-0.15, -0.1) is 0 Å². The highest BCUT2D eigenvalue weighted by molar-refractivity contribution is 7.75. The maximum Gasteiger partial charge on any atom is 0.466 e. The highest BCUT2D eigenvalue weighted by atomic mass is 31.2. The van der Waals surface area contributed by atoms with E-state index < -0.39 is 15.1 Å². The van der Waals surface area contributed by atoms with Crippen LogP contribution >= 0.6 is 15.1 Å². The molecule has 4 nitrogen and oxygen atoms in total. The highest BCUT2D eigenvalue weighted by Gasteiger charge is 2.27. The highest BCUT2D eigenvalue weighted by Crippen LogP contribution is 2.57. The fraction of sp³-hybridized carbons (Fsp3) is 1.00. The Labute approximate surface area is 87.3 Å². The van der Waals surface area contributed by atoms with Gasteiger partial charge in [0, 0.05) is 7.26 Å². The first kappa shape index (κ1) is 17.0. The molecular weight excluding hydrogens is 222 g/mol. The second-order valence-electron chi connectivity index (χ2n) is 3.12. The third-order valence-electron chi connectivity index (χ3n) is 2.68. The summed E-state index contributed by atoms with van der Waals surface area (Å²) in [5, 5.41) is 0. The molecule has 0 aliphatic rings. The van der Waals surface area contributed by atoms with Gasteiger partial charge in [0.1, 0.15) is 0 Å². The van der Waals surface area contributed by atoms with Crippen LogP contribution < -0.4 is 0 Å². The van der Waals surface area contributed by atoms with Crippen LogP contribution in [0, 0.1) is 0 Å². The monoisotopic (exact) mass is 245 g/mol. The summed E-state index contributed by atoms with van der Waals surface area (Å²) in [5.41, 5.74) is 0. The summed E-state index contributed by atoms with van der Waals surface area (Å²) in [6.07, 6.45) is 5.82. The Morgan fingerprint density at radius 3 is 1.00 bits per heavy atom. The fourth-order valence-corrected chi connectivity index (χ4v) is 4.02. The van der Waals surface area contributed by atoms with Crippen molar-refractivity contribution in [1.29, 1.82) is 0 Å². The maximum absolute atomic E-state index is 8.88. The van der Waals surface area contributed by atoms with Gasteiger partial charge in [0.25, 0.3) is 0 Å². The molecule has 0 amide bonds. The summed E-state index contributed by atoms with van der Waals surface area (Å²) in [4.78, 5) is 21.6. The van der Waals surface area contributed by atoms with Crippen LogP contribution in [0.15, 0.2) is 0 Å². The molecular formula is C8H23O4P2+. The number of phosphoric acid groups is 1. The summed E-state index contributed by atoms with van der Waals surface area (Å²) in [7, 11) is -5.06. The van der Waals surface area contributed by atoms with Crippen LogP contribution in [0.2, 0.25) is 0 Å². The molecule has 0 radical (unpaired) electrons. The van der Waals surface area contributed by atoms with Gasteiger partial charge < -0.3 is 14.7 Å². The zero-order valence-corrected chi connectivity index (χ0v) is 11.3. The van der Waals surface area contributed by atoms with E-state index in [0.29, 0.717) is 0 Å². The SMILES string of the molecule is CC[P+](CC)(CC)CC.O=P(O)(O)O. The van der Waals surface area contributed by atoms with Crippen molar-refractivity contribution < 1.29 is 19.2 Å². The van der Waals surface area contributed by atoms with E-state index in [0.717, 1.165) is 0 Å². The zero-order chi connectivity index (χ0) is 11.8. The molecule has 0 atom stereocenters. The normalized spacial score (nSPS) is 11.9. The Bertz CT molecular complexity index is 148. The maximum atomic E-state index is 8.88.